The molecule has 0 heterocycles. The second-order valence-corrected chi connectivity index (χ2v) is 9.48. The van der Waals surface area contributed by atoms with Crippen LogP contribution in [0.1, 0.15) is 41.5 Å². The first-order chi connectivity index (χ1) is 20.1. The van der Waals surface area contributed by atoms with E-state index < -0.39 is 12.9 Å². The Kier molecular flexibility index (Phi) is 18.6. The van der Waals surface area contributed by atoms with Gasteiger partial charge in [-0.1, -0.05) is 0 Å². The van der Waals surface area contributed by atoms with Gasteiger partial charge in [-0.15, -0.1) is 0 Å². The normalized spacial score (nSPS) is 10.9. The van der Waals surface area contributed by atoms with Gasteiger partial charge in [0, 0.05) is 24.3 Å². The number of nitrogens with zero attached hydrogens (tertiary/aromatic N) is 4. The van der Waals surface area contributed by atoms with Gasteiger partial charge in [-0.2, -0.15) is 10.2 Å². The molecular weight excluding hydrogens is 540 g/mol. The number of hydrogen-bond donors (Lipinski definition) is 2. The summed E-state index contributed by atoms with van der Waals surface area (Å²) in [5.74, 6) is 0.0386. The predicted octanol–water partition coefficient (Wildman–Crippen LogP) is 2.46. The van der Waals surface area contributed by atoms with Gasteiger partial charge in [0.2, 0.25) is 0 Å². The molecule has 0 fully saturated rings. The van der Waals surface area contributed by atoms with Gasteiger partial charge in [0.15, 0.2) is 13.1 Å². The van der Waals surface area contributed by atoms with Gasteiger partial charge < -0.3 is 39.4 Å². The zero-order valence-corrected chi connectivity index (χ0v) is 25.7. The van der Waals surface area contributed by atoms with Crippen LogP contribution in [0.15, 0.2) is 58.8 Å². The molecule has 0 radical (unpaired) electrons. The molecule has 0 saturated carbocycles. The maximum atomic E-state index is 12.5. The van der Waals surface area contributed by atoms with Crippen LogP contribution in [0.4, 0.5) is 22.7 Å². The number of nitrogens with one attached hydrogen (secondary N) is 2. The third kappa shape index (κ3) is 13.5. The summed E-state index contributed by atoms with van der Waals surface area (Å²) in [6.07, 6.45) is 0. The van der Waals surface area contributed by atoms with Gasteiger partial charge in [0.05, 0.1) is 50.6 Å². The first kappa shape index (κ1) is 37.8. The number of hydrogen-bond acceptors (Lipinski definition) is 8. The monoisotopic (exact) mass is 586 g/mol. The molecule has 0 atom stereocenters. The van der Waals surface area contributed by atoms with Crippen molar-refractivity contribution in [3.8, 4) is 0 Å². The summed E-state index contributed by atoms with van der Waals surface area (Å²) in [5.41, 5.74) is 2.88. The fraction of sp³-hybridized carbons (Fsp3) is 0.467. The number of azo groups is 1. The van der Waals surface area contributed by atoms with Crippen molar-refractivity contribution in [3.63, 3.8) is 0 Å². The number of carboxylic acid groups (broad SMARTS) is 2. The molecule has 2 rings (SSSR count). The van der Waals surface area contributed by atoms with E-state index in [1.807, 2.05) is 48.5 Å². The Hall–Kier alpha value is -4.16. The lowest BCUT2D eigenvalue weighted by atomic mass is 10.2. The molecule has 0 saturated heterocycles. The second kappa shape index (κ2) is 20.7. The SMILES string of the molecule is CC[N+](CC)(CC)CC(=O)Nc1ccc(N=Nc2ccc(NC(=O)C[N+](CC)(CC)CC)cc2)cc1.O=C[O-].O=C[O-]. The third-order valence-electron chi connectivity index (χ3n) is 7.57. The van der Waals surface area contributed by atoms with E-state index in [4.69, 9.17) is 19.8 Å². The number of rotatable bonds is 14. The molecule has 0 aromatic heterocycles. The molecule has 2 aromatic carbocycles. The molecule has 232 valence electrons. The first-order valence-corrected chi connectivity index (χ1v) is 14.1. The first-order valence-electron chi connectivity index (χ1n) is 14.1. The van der Waals surface area contributed by atoms with Crippen LogP contribution >= 0.6 is 0 Å². The molecule has 0 bridgehead atoms. The standard InChI is InChI=1S/C28H42N6O2.2CH2O2/c1-7-33(8-2,9-3)21-27(35)29-23-13-17-25(18-14-23)31-32-26-19-15-24(16-20-26)30-28(36)22-34(10-4,11-5)12-6;2*2-1-3/h13-20H,7-12,21-22H2,1-6H3;2*1H,(H,2,3). The molecule has 0 aliphatic heterocycles. The minimum atomic E-state index is -0.500. The van der Waals surface area contributed by atoms with E-state index in [2.05, 4.69) is 62.4 Å². The third-order valence-corrected chi connectivity index (χ3v) is 7.57. The molecule has 12 heteroatoms. The number of likely N-dealkylation sites (N-methyl/N-ethyl adjacent to an activating group) is 2. The fourth-order valence-electron chi connectivity index (χ4n) is 4.36. The van der Waals surface area contributed by atoms with Gasteiger partial charge in [-0.3, -0.25) is 9.59 Å². The zero-order valence-electron chi connectivity index (χ0n) is 25.7. The zero-order chi connectivity index (χ0) is 32.0. The maximum absolute atomic E-state index is 12.5. The summed E-state index contributed by atoms with van der Waals surface area (Å²) in [4.78, 5) is 41.5. The van der Waals surface area contributed by atoms with Crippen LogP contribution in [0.5, 0.6) is 0 Å². The average molecular weight is 587 g/mol. The Balaban J connectivity index is 0.00000257. The van der Waals surface area contributed by atoms with E-state index in [1.54, 1.807) is 0 Å². The average Bonchev–Trinajstić information content (AvgIpc) is 3.00. The van der Waals surface area contributed by atoms with Crippen LogP contribution in [0.25, 0.3) is 0 Å². The molecule has 0 unspecified atom stereocenters. The summed E-state index contributed by atoms with van der Waals surface area (Å²) < 4.78 is 1.55. The molecular formula is C30H46N6O6. The predicted molar refractivity (Wildman–Crippen MR) is 160 cm³/mol. The quantitative estimate of drug-likeness (QED) is 0.196. The summed E-state index contributed by atoms with van der Waals surface area (Å²) in [6.45, 7) is 18.3. The van der Waals surface area contributed by atoms with Crippen LogP contribution < -0.4 is 20.8 Å². The van der Waals surface area contributed by atoms with Crippen LogP contribution in [-0.2, 0) is 19.2 Å². The van der Waals surface area contributed by atoms with Gasteiger partial charge in [-0.25, -0.2) is 0 Å². The van der Waals surface area contributed by atoms with Gasteiger partial charge >= 0.3 is 0 Å². The van der Waals surface area contributed by atoms with Crippen molar-refractivity contribution in [2.24, 2.45) is 10.2 Å². The van der Waals surface area contributed by atoms with Gasteiger partial charge in [0.1, 0.15) is 0 Å². The minimum Gasteiger partial charge on any atom is -0.554 e. The fourth-order valence-corrected chi connectivity index (χ4v) is 4.36. The Morgan fingerprint density at radius 2 is 0.833 bits per heavy atom. The van der Waals surface area contributed by atoms with Gasteiger partial charge in [0.25, 0.3) is 11.8 Å². The number of carbonyl (C=O) groups is 4. The molecule has 0 aliphatic carbocycles. The highest BCUT2D eigenvalue weighted by atomic mass is 16.3. The van der Waals surface area contributed by atoms with Crippen molar-refractivity contribution in [2.45, 2.75) is 41.5 Å². The highest BCUT2D eigenvalue weighted by molar-refractivity contribution is 5.92. The van der Waals surface area contributed by atoms with Gasteiger partial charge in [-0.05, 0) is 90.1 Å². The van der Waals surface area contributed by atoms with E-state index in [1.165, 1.54) is 0 Å². The Labute approximate surface area is 249 Å². The maximum Gasteiger partial charge on any atom is 0.279 e. The summed E-state index contributed by atoms with van der Waals surface area (Å²) in [7, 11) is 0. The van der Waals surface area contributed by atoms with E-state index in [0.717, 1.165) is 59.6 Å². The molecule has 2 aromatic rings. The van der Waals surface area contributed by atoms with E-state index in [9.17, 15) is 9.59 Å². The van der Waals surface area contributed by atoms with Crippen molar-refractivity contribution >= 4 is 47.5 Å². The van der Waals surface area contributed by atoms with Crippen molar-refractivity contribution in [3.05, 3.63) is 48.5 Å². The highest BCUT2D eigenvalue weighted by Gasteiger charge is 2.25. The molecule has 0 aliphatic rings. The second-order valence-electron chi connectivity index (χ2n) is 9.48. The largest absolute Gasteiger partial charge is 0.554 e. The Morgan fingerprint density at radius 1 is 0.595 bits per heavy atom. The minimum absolute atomic E-state index is 0.0193. The van der Waals surface area contributed by atoms with Crippen molar-refractivity contribution in [1.82, 2.24) is 0 Å². The summed E-state index contributed by atoms with van der Waals surface area (Å²) in [5, 5.41) is 31.0. The van der Waals surface area contributed by atoms with E-state index >= 15 is 0 Å². The van der Waals surface area contributed by atoms with Crippen molar-refractivity contribution in [1.29, 1.82) is 0 Å². The highest BCUT2D eigenvalue weighted by Crippen LogP contribution is 2.22. The van der Waals surface area contributed by atoms with Crippen LogP contribution in [0, 0.1) is 0 Å². The van der Waals surface area contributed by atoms with Crippen LogP contribution in [0.3, 0.4) is 0 Å². The molecule has 2 N–H and O–H groups in total. The molecule has 0 spiro atoms. The van der Waals surface area contributed by atoms with E-state index in [0.29, 0.717) is 24.5 Å². The number of amides is 2. The smallest absolute Gasteiger partial charge is 0.279 e. The van der Waals surface area contributed by atoms with E-state index in [-0.39, 0.29) is 11.8 Å². The number of quaternary nitrogens is 2. The van der Waals surface area contributed by atoms with Crippen molar-refractivity contribution in [2.75, 3.05) is 63.0 Å². The van der Waals surface area contributed by atoms with Crippen LogP contribution in [0.2, 0.25) is 0 Å². The lowest BCUT2D eigenvalue weighted by Gasteiger charge is -2.34. The number of anilines is 2. The van der Waals surface area contributed by atoms with Crippen molar-refractivity contribution < 1.29 is 38.4 Å². The lowest BCUT2D eigenvalue weighted by molar-refractivity contribution is -0.915. The number of benzene rings is 2. The Bertz CT molecular complexity index is 994. The summed E-state index contributed by atoms with van der Waals surface area (Å²) in [6, 6.07) is 14.7. The lowest BCUT2D eigenvalue weighted by Crippen LogP contribution is -2.51. The van der Waals surface area contributed by atoms with Crippen LogP contribution in [-0.4, -0.2) is 86.1 Å². The molecule has 2 amide bonds. The summed E-state index contributed by atoms with van der Waals surface area (Å²) >= 11 is 0. The number of carbonyl (C=O) groups excluding carboxylic acids is 4. The Morgan fingerprint density at radius 3 is 1.05 bits per heavy atom. The molecule has 42 heavy (non-hydrogen) atoms. The molecule has 12 nitrogen and oxygen atoms in total. The topological polar surface area (TPSA) is 163 Å².